The van der Waals surface area contributed by atoms with Crippen molar-refractivity contribution in [1.82, 2.24) is 5.32 Å². The third-order valence-electron chi connectivity index (χ3n) is 1.41. The second-order valence-corrected chi connectivity index (χ2v) is 4.84. The molecule has 0 aliphatic carbocycles. The minimum atomic E-state index is -0.369. The maximum Gasteiger partial charge on any atom is 0.324 e. The van der Waals surface area contributed by atoms with Crippen LogP contribution in [0.1, 0.15) is 20.8 Å². The van der Waals surface area contributed by atoms with E-state index < -0.39 is 0 Å². The van der Waals surface area contributed by atoms with Gasteiger partial charge in [-0.1, -0.05) is 0 Å². The summed E-state index contributed by atoms with van der Waals surface area (Å²) in [6.45, 7) is 5.65. The van der Waals surface area contributed by atoms with Gasteiger partial charge in [0.2, 0.25) is 0 Å². The van der Waals surface area contributed by atoms with Crippen LogP contribution < -0.4 is 5.32 Å². The molecule has 70 valence electrons. The van der Waals surface area contributed by atoms with Crippen molar-refractivity contribution < 1.29 is 9.53 Å². The third-order valence-corrected chi connectivity index (χ3v) is 2.35. The summed E-state index contributed by atoms with van der Waals surface area (Å²) in [5, 5.41) is 3.07. The molecule has 0 saturated carbocycles. The van der Waals surface area contributed by atoms with E-state index in [1.807, 2.05) is 20.8 Å². The lowest BCUT2D eigenvalue weighted by Crippen LogP contribution is -2.38. The first-order chi connectivity index (χ1) is 5.49. The molecule has 3 nitrogen and oxygen atoms in total. The van der Waals surface area contributed by atoms with E-state index in [2.05, 4.69) is 5.32 Å². The molecule has 0 spiro atoms. The highest BCUT2D eigenvalue weighted by Gasteiger charge is 2.27. The van der Waals surface area contributed by atoms with Crippen LogP contribution in [0.4, 0.5) is 0 Å². The minimum absolute atomic E-state index is 0.103. The Bertz CT molecular complexity index is 170. The number of hydrogen-bond donors (Lipinski definition) is 1. The fraction of sp³-hybridized carbons (Fsp3) is 0.875. The van der Waals surface area contributed by atoms with Crippen molar-refractivity contribution in [1.29, 1.82) is 0 Å². The normalized spacial score (nSPS) is 24.1. The van der Waals surface area contributed by atoms with Crippen LogP contribution in [-0.2, 0) is 9.53 Å². The minimum Gasteiger partial charge on any atom is -0.459 e. The molecule has 12 heavy (non-hydrogen) atoms. The first-order valence-electron chi connectivity index (χ1n) is 4.03. The molecular formula is C8H15NO2S. The summed E-state index contributed by atoms with van der Waals surface area (Å²) in [7, 11) is 0. The number of carbonyl (C=O) groups is 1. The van der Waals surface area contributed by atoms with Crippen molar-refractivity contribution >= 4 is 17.7 Å². The smallest absolute Gasteiger partial charge is 0.324 e. The Morgan fingerprint density at radius 2 is 2.25 bits per heavy atom. The molecule has 0 bridgehead atoms. The number of esters is 1. The standard InChI is InChI=1S/C8H15NO2S/c1-8(2,3)11-7(10)6-4-12-5-9-6/h6,9H,4-5H2,1-3H3/t6-/m0/s1. The number of rotatable bonds is 1. The van der Waals surface area contributed by atoms with Gasteiger partial charge in [-0.05, 0) is 20.8 Å². The zero-order valence-electron chi connectivity index (χ0n) is 7.72. The second-order valence-electron chi connectivity index (χ2n) is 3.81. The summed E-state index contributed by atoms with van der Waals surface area (Å²) >= 11 is 1.72. The molecule has 0 radical (unpaired) electrons. The van der Waals surface area contributed by atoms with Gasteiger partial charge in [-0.25, -0.2) is 0 Å². The Hall–Kier alpha value is -0.220. The van der Waals surface area contributed by atoms with Crippen LogP contribution in [0.15, 0.2) is 0 Å². The van der Waals surface area contributed by atoms with Crippen molar-refractivity contribution in [2.45, 2.75) is 32.4 Å². The van der Waals surface area contributed by atoms with E-state index in [4.69, 9.17) is 4.74 Å². The second kappa shape index (κ2) is 3.66. The zero-order chi connectivity index (χ0) is 9.19. The maximum atomic E-state index is 11.4. The van der Waals surface area contributed by atoms with Gasteiger partial charge < -0.3 is 4.74 Å². The summed E-state index contributed by atoms with van der Waals surface area (Å²) in [5.74, 6) is 1.55. The van der Waals surface area contributed by atoms with Gasteiger partial charge in [0.25, 0.3) is 0 Å². The van der Waals surface area contributed by atoms with Crippen LogP contribution in [0.2, 0.25) is 0 Å². The molecule has 4 heteroatoms. The van der Waals surface area contributed by atoms with Gasteiger partial charge in [0.1, 0.15) is 11.6 Å². The Balaban J connectivity index is 2.37. The van der Waals surface area contributed by atoms with Crippen LogP contribution in [0.3, 0.4) is 0 Å². The molecule has 0 aromatic rings. The van der Waals surface area contributed by atoms with Gasteiger partial charge in [0, 0.05) is 11.6 Å². The van der Waals surface area contributed by atoms with E-state index in [0.29, 0.717) is 0 Å². The fourth-order valence-corrected chi connectivity index (χ4v) is 1.85. The first-order valence-corrected chi connectivity index (χ1v) is 5.18. The van der Waals surface area contributed by atoms with Crippen molar-refractivity contribution in [2.75, 3.05) is 11.6 Å². The summed E-state index contributed by atoms with van der Waals surface area (Å²) in [5.41, 5.74) is -0.369. The first kappa shape index (κ1) is 9.86. The van der Waals surface area contributed by atoms with Gasteiger partial charge in [0.15, 0.2) is 0 Å². The lowest BCUT2D eigenvalue weighted by Gasteiger charge is -2.21. The highest BCUT2D eigenvalue weighted by molar-refractivity contribution is 7.99. The molecule has 1 atom stereocenters. The molecule has 1 N–H and O–H groups in total. The predicted octanol–water partition coefficient (Wildman–Crippen LogP) is 0.991. The van der Waals surface area contributed by atoms with Gasteiger partial charge in [-0.2, -0.15) is 0 Å². The number of ether oxygens (including phenoxy) is 1. The van der Waals surface area contributed by atoms with Crippen LogP contribution in [-0.4, -0.2) is 29.2 Å². The van der Waals surface area contributed by atoms with Crippen LogP contribution in [0.25, 0.3) is 0 Å². The number of thioether (sulfide) groups is 1. The van der Waals surface area contributed by atoms with Crippen molar-refractivity contribution in [3.8, 4) is 0 Å². The summed E-state index contributed by atoms with van der Waals surface area (Å²) in [6, 6.07) is -0.103. The van der Waals surface area contributed by atoms with Crippen LogP contribution >= 0.6 is 11.8 Å². The van der Waals surface area contributed by atoms with E-state index >= 15 is 0 Å². The van der Waals surface area contributed by atoms with Crippen molar-refractivity contribution in [3.63, 3.8) is 0 Å². The van der Waals surface area contributed by atoms with E-state index in [-0.39, 0.29) is 17.6 Å². The number of carbonyl (C=O) groups excluding carboxylic acids is 1. The molecule has 1 saturated heterocycles. The molecule has 1 fully saturated rings. The summed E-state index contributed by atoms with van der Waals surface area (Å²) in [4.78, 5) is 11.4. The average molecular weight is 189 g/mol. The van der Waals surface area contributed by atoms with Gasteiger partial charge >= 0.3 is 5.97 Å². The van der Waals surface area contributed by atoms with E-state index in [9.17, 15) is 4.79 Å². The van der Waals surface area contributed by atoms with Crippen LogP contribution in [0.5, 0.6) is 0 Å². The van der Waals surface area contributed by atoms with E-state index in [1.165, 1.54) is 0 Å². The molecule has 1 aliphatic rings. The maximum absolute atomic E-state index is 11.4. The SMILES string of the molecule is CC(C)(C)OC(=O)[C@@H]1CSCN1. The fourth-order valence-electron chi connectivity index (χ4n) is 0.920. The molecule has 0 unspecified atom stereocenters. The number of nitrogens with one attached hydrogen (secondary N) is 1. The van der Waals surface area contributed by atoms with Crippen molar-refractivity contribution in [2.24, 2.45) is 0 Å². The number of hydrogen-bond acceptors (Lipinski definition) is 4. The molecule has 1 aliphatic heterocycles. The molecule has 0 aromatic heterocycles. The topological polar surface area (TPSA) is 38.3 Å². The largest absolute Gasteiger partial charge is 0.459 e. The highest BCUT2D eigenvalue weighted by Crippen LogP contribution is 2.14. The summed E-state index contributed by atoms with van der Waals surface area (Å²) < 4.78 is 5.21. The lowest BCUT2D eigenvalue weighted by atomic mass is 10.2. The quantitative estimate of drug-likeness (QED) is 0.624. The van der Waals surface area contributed by atoms with Gasteiger partial charge in [0.05, 0.1) is 0 Å². The van der Waals surface area contributed by atoms with E-state index in [0.717, 1.165) is 11.6 Å². The monoisotopic (exact) mass is 189 g/mol. The Kier molecular flexibility index (Phi) is 3.01. The third kappa shape index (κ3) is 3.03. The Labute approximate surface area is 77.2 Å². The average Bonchev–Trinajstić information content (AvgIpc) is 2.32. The highest BCUT2D eigenvalue weighted by atomic mass is 32.2. The Morgan fingerprint density at radius 3 is 2.67 bits per heavy atom. The molecular weight excluding hydrogens is 174 g/mol. The molecule has 1 heterocycles. The zero-order valence-corrected chi connectivity index (χ0v) is 8.53. The molecule has 0 aromatic carbocycles. The summed E-state index contributed by atoms with van der Waals surface area (Å²) in [6.07, 6.45) is 0. The Morgan fingerprint density at radius 1 is 1.58 bits per heavy atom. The predicted molar refractivity (Wildman–Crippen MR) is 50.1 cm³/mol. The van der Waals surface area contributed by atoms with Gasteiger partial charge in [-0.3, -0.25) is 10.1 Å². The molecule has 0 amide bonds. The lowest BCUT2D eigenvalue weighted by molar-refractivity contribution is -0.156. The van der Waals surface area contributed by atoms with E-state index in [1.54, 1.807) is 11.8 Å². The molecule has 1 rings (SSSR count). The van der Waals surface area contributed by atoms with Crippen molar-refractivity contribution in [3.05, 3.63) is 0 Å². The van der Waals surface area contributed by atoms with Gasteiger partial charge in [-0.15, -0.1) is 11.8 Å². The van der Waals surface area contributed by atoms with Crippen LogP contribution in [0, 0.1) is 0 Å².